The van der Waals surface area contributed by atoms with Crippen LogP contribution in [0.5, 0.6) is 0 Å². The van der Waals surface area contributed by atoms with E-state index in [1.165, 1.54) is 0 Å². The van der Waals surface area contributed by atoms with Gasteiger partial charge in [0.25, 0.3) is 5.91 Å². The van der Waals surface area contributed by atoms with Crippen molar-refractivity contribution in [3.63, 3.8) is 0 Å². The molecule has 6 heteroatoms. The first kappa shape index (κ1) is 15.2. The maximum Gasteiger partial charge on any atom is 0.257 e. The summed E-state index contributed by atoms with van der Waals surface area (Å²) in [6.07, 6.45) is 1.74. The molecule has 5 nitrogen and oxygen atoms in total. The molecule has 2 N–H and O–H groups in total. The Bertz CT molecular complexity index is 693. The summed E-state index contributed by atoms with van der Waals surface area (Å²) in [5.74, 6) is -0.0543. The van der Waals surface area contributed by atoms with E-state index in [1.54, 1.807) is 29.9 Å². The number of aromatic nitrogens is 2. The zero-order valence-corrected chi connectivity index (χ0v) is 13.1. The van der Waals surface area contributed by atoms with E-state index in [0.29, 0.717) is 17.1 Å². The lowest BCUT2D eigenvalue weighted by Gasteiger charge is -2.17. The van der Waals surface area contributed by atoms with Crippen molar-refractivity contribution >= 4 is 23.1 Å². The second kappa shape index (κ2) is 6.05. The number of rotatable bonds is 4. The van der Waals surface area contributed by atoms with E-state index in [9.17, 15) is 4.79 Å². The first-order valence-corrected chi connectivity index (χ1v) is 6.93. The molecule has 21 heavy (non-hydrogen) atoms. The van der Waals surface area contributed by atoms with E-state index < -0.39 is 0 Å². The molecule has 0 saturated heterocycles. The average molecular weight is 302 g/mol. The molecule has 0 bridgehead atoms. The Morgan fingerprint density at radius 3 is 2.76 bits per heavy atom. The van der Waals surface area contributed by atoms with Gasteiger partial charge in [-0.25, -0.2) is 0 Å². The quantitative estimate of drug-likeness (QED) is 0.872. The number of hydrogen-bond donors (Lipinski definition) is 1. The van der Waals surface area contributed by atoms with Crippen molar-refractivity contribution in [3.8, 4) is 0 Å². The van der Waals surface area contributed by atoms with E-state index in [4.69, 9.17) is 18.0 Å². The zero-order chi connectivity index (χ0) is 15.6. The third-order valence-corrected chi connectivity index (χ3v) is 3.46. The smallest absolute Gasteiger partial charge is 0.257 e. The van der Waals surface area contributed by atoms with Gasteiger partial charge in [0.15, 0.2) is 0 Å². The second-order valence-corrected chi connectivity index (χ2v) is 5.47. The molecule has 1 aromatic carbocycles. The maximum atomic E-state index is 12.4. The van der Waals surface area contributed by atoms with Gasteiger partial charge in [0.1, 0.15) is 4.99 Å². The molecule has 2 aromatic rings. The van der Waals surface area contributed by atoms with Gasteiger partial charge < -0.3 is 10.6 Å². The van der Waals surface area contributed by atoms with E-state index in [-0.39, 0.29) is 5.91 Å². The number of amides is 1. The lowest BCUT2D eigenvalue weighted by molar-refractivity contribution is 0.0784. The van der Waals surface area contributed by atoms with Crippen molar-refractivity contribution in [1.29, 1.82) is 0 Å². The van der Waals surface area contributed by atoms with Crippen LogP contribution in [0, 0.1) is 6.92 Å². The molecule has 0 atom stereocenters. The van der Waals surface area contributed by atoms with Crippen molar-refractivity contribution in [2.75, 3.05) is 7.05 Å². The number of nitrogens with two attached hydrogens (primary N) is 1. The first-order chi connectivity index (χ1) is 9.88. The summed E-state index contributed by atoms with van der Waals surface area (Å²) < 4.78 is 1.64. The number of carbonyl (C=O) groups is 1. The van der Waals surface area contributed by atoms with Crippen LogP contribution in [0.4, 0.5) is 0 Å². The first-order valence-electron chi connectivity index (χ1n) is 6.53. The van der Waals surface area contributed by atoms with Crippen molar-refractivity contribution in [2.45, 2.75) is 13.5 Å². The normalized spacial score (nSPS) is 10.4. The van der Waals surface area contributed by atoms with E-state index in [0.717, 1.165) is 16.8 Å². The highest BCUT2D eigenvalue weighted by atomic mass is 32.1. The van der Waals surface area contributed by atoms with Crippen LogP contribution in [-0.2, 0) is 13.6 Å². The molecule has 2 rings (SSSR count). The van der Waals surface area contributed by atoms with Gasteiger partial charge >= 0.3 is 0 Å². The van der Waals surface area contributed by atoms with Crippen molar-refractivity contribution in [3.05, 3.63) is 52.8 Å². The summed E-state index contributed by atoms with van der Waals surface area (Å²) in [5.41, 5.74) is 8.76. The molecule has 110 valence electrons. The van der Waals surface area contributed by atoms with E-state index in [2.05, 4.69) is 5.10 Å². The highest BCUT2D eigenvalue weighted by Gasteiger charge is 2.17. The number of aryl methyl sites for hydroxylation is 2. The van der Waals surface area contributed by atoms with Gasteiger partial charge in [-0.3, -0.25) is 9.48 Å². The van der Waals surface area contributed by atoms with Crippen LogP contribution >= 0.6 is 12.2 Å². The van der Waals surface area contributed by atoms with E-state index in [1.807, 2.05) is 31.2 Å². The molecule has 0 aliphatic heterocycles. The molecule has 0 fully saturated rings. The number of hydrogen-bond acceptors (Lipinski definition) is 3. The van der Waals surface area contributed by atoms with Crippen LogP contribution in [-0.4, -0.2) is 32.6 Å². The van der Waals surface area contributed by atoms with Gasteiger partial charge in [-0.15, -0.1) is 0 Å². The Labute approximate surface area is 129 Å². The van der Waals surface area contributed by atoms with Crippen LogP contribution < -0.4 is 5.73 Å². The lowest BCUT2D eigenvalue weighted by Crippen LogP contribution is -2.26. The minimum absolute atomic E-state index is 0.0543. The maximum absolute atomic E-state index is 12.4. The molecule has 1 heterocycles. The Hall–Kier alpha value is -2.21. The number of thiocarbonyl (C=S) groups is 1. The molecular formula is C15H18N4OS. The summed E-state index contributed by atoms with van der Waals surface area (Å²) in [6.45, 7) is 2.32. The van der Waals surface area contributed by atoms with Crippen LogP contribution in [0.2, 0.25) is 0 Å². The Kier molecular flexibility index (Phi) is 4.37. The topological polar surface area (TPSA) is 64.2 Å². The molecule has 1 amide bonds. The lowest BCUT2D eigenvalue weighted by atomic mass is 10.1. The highest BCUT2D eigenvalue weighted by Crippen LogP contribution is 2.12. The molecular weight excluding hydrogens is 284 g/mol. The molecule has 0 unspecified atom stereocenters. The van der Waals surface area contributed by atoms with Crippen molar-refractivity contribution in [2.24, 2.45) is 12.8 Å². The van der Waals surface area contributed by atoms with E-state index >= 15 is 0 Å². The highest BCUT2D eigenvalue weighted by molar-refractivity contribution is 7.80. The van der Waals surface area contributed by atoms with Gasteiger partial charge in [-0.05, 0) is 18.6 Å². The van der Waals surface area contributed by atoms with Crippen LogP contribution in [0.15, 0.2) is 30.5 Å². The zero-order valence-electron chi connectivity index (χ0n) is 12.3. The molecule has 0 spiro atoms. The molecule has 0 aliphatic rings. The molecule has 0 radical (unpaired) electrons. The Morgan fingerprint density at radius 2 is 2.19 bits per heavy atom. The largest absolute Gasteiger partial charge is 0.389 e. The minimum atomic E-state index is -0.0543. The fourth-order valence-corrected chi connectivity index (χ4v) is 2.31. The standard InChI is InChI=1S/C15H18N4OS/c1-10-13(9-19(3)17-10)15(20)18(2)8-11-5-4-6-12(7-11)14(16)21/h4-7,9H,8H2,1-3H3,(H2,16,21). The minimum Gasteiger partial charge on any atom is -0.389 e. The molecule has 1 aromatic heterocycles. The summed E-state index contributed by atoms with van der Waals surface area (Å²) in [5, 5.41) is 4.19. The van der Waals surface area contributed by atoms with Gasteiger partial charge in [-0.2, -0.15) is 5.10 Å². The third kappa shape index (κ3) is 3.46. The summed E-state index contributed by atoms with van der Waals surface area (Å²) >= 11 is 4.97. The van der Waals surface area contributed by atoms with Gasteiger partial charge in [0.05, 0.1) is 11.3 Å². The van der Waals surface area contributed by atoms with Gasteiger partial charge in [0.2, 0.25) is 0 Å². The fraction of sp³-hybridized carbons (Fsp3) is 0.267. The van der Waals surface area contributed by atoms with Crippen LogP contribution in [0.3, 0.4) is 0 Å². The monoisotopic (exact) mass is 302 g/mol. The number of benzene rings is 1. The van der Waals surface area contributed by atoms with Crippen LogP contribution in [0.1, 0.15) is 27.2 Å². The average Bonchev–Trinajstić information content (AvgIpc) is 2.77. The van der Waals surface area contributed by atoms with Crippen molar-refractivity contribution in [1.82, 2.24) is 14.7 Å². The third-order valence-electron chi connectivity index (χ3n) is 3.22. The van der Waals surface area contributed by atoms with Gasteiger partial charge in [-0.1, -0.05) is 30.4 Å². The molecule has 0 aliphatic carbocycles. The summed E-state index contributed by atoms with van der Waals surface area (Å²) in [4.78, 5) is 14.4. The predicted octanol–water partition coefficient (Wildman–Crippen LogP) is 1.63. The summed E-state index contributed by atoms with van der Waals surface area (Å²) in [6, 6.07) is 7.60. The Morgan fingerprint density at radius 1 is 1.48 bits per heavy atom. The van der Waals surface area contributed by atoms with Gasteiger partial charge in [0, 0.05) is 32.4 Å². The SMILES string of the molecule is Cc1nn(C)cc1C(=O)N(C)Cc1cccc(C(N)=S)c1. The summed E-state index contributed by atoms with van der Waals surface area (Å²) in [7, 11) is 3.57. The van der Waals surface area contributed by atoms with Crippen molar-refractivity contribution < 1.29 is 4.79 Å². The second-order valence-electron chi connectivity index (χ2n) is 5.03. The number of carbonyl (C=O) groups excluding carboxylic acids is 1. The Balaban J connectivity index is 2.16. The number of nitrogens with zero attached hydrogens (tertiary/aromatic N) is 3. The molecule has 0 saturated carbocycles. The predicted molar refractivity (Wildman–Crippen MR) is 86.1 cm³/mol. The van der Waals surface area contributed by atoms with Crippen LogP contribution in [0.25, 0.3) is 0 Å². The fourth-order valence-electron chi connectivity index (χ4n) is 2.18.